The average Bonchev–Trinajstić information content (AvgIpc) is 2.71. The Kier molecular flexibility index (Phi) is 8.45. The minimum Gasteiger partial charge on any atom is -0.492 e. The smallest absolute Gasteiger partial charge is 0.271 e. The molecule has 2 aromatic carbocycles. The maximum atomic E-state index is 12.8. The molecule has 11 heteroatoms. The quantitative estimate of drug-likeness (QED) is 0.313. The number of anilines is 1. The number of nitrogens with zero attached hydrogens (tertiary/aromatic N) is 2. The molecule has 0 radical (unpaired) electrons. The highest BCUT2D eigenvalue weighted by Crippen LogP contribution is 2.30. The summed E-state index contributed by atoms with van der Waals surface area (Å²) >= 11 is 6.06. The monoisotopic (exact) mass is 483 g/mol. The number of rotatable bonds is 10. The summed E-state index contributed by atoms with van der Waals surface area (Å²) in [5.74, 6) is 0.0150. The Hall–Kier alpha value is -2.85. The number of nitro groups is 1. The molecule has 0 spiro atoms. The summed E-state index contributed by atoms with van der Waals surface area (Å²) in [6.45, 7) is 5.44. The van der Waals surface area contributed by atoms with Crippen molar-refractivity contribution >= 4 is 38.9 Å². The number of nitrogens with one attached hydrogen (secondary N) is 1. The molecule has 1 unspecified atom stereocenters. The van der Waals surface area contributed by atoms with Gasteiger partial charge in [0.2, 0.25) is 15.9 Å². The molecule has 0 fully saturated rings. The Labute approximate surface area is 192 Å². The van der Waals surface area contributed by atoms with Crippen LogP contribution in [0, 0.1) is 24.0 Å². The number of carbonyl (C=O) groups excluding carboxylic acids is 1. The van der Waals surface area contributed by atoms with E-state index in [0.717, 1.165) is 22.2 Å². The molecule has 1 N–H and O–H groups in total. The molecule has 2 rings (SSSR count). The summed E-state index contributed by atoms with van der Waals surface area (Å²) in [4.78, 5) is 23.4. The number of nitro benzene ring substituents is 1. The number of hydrogen-bond donors (Lipinski definition) is 1. The number of aryl methyl sites for hydroxylation is 2. The molecular weight excluding hydrogens is 458 g/mol. The van der Waals surface area contributed by atoms with Crippen molar-refractivity contribution in [1.82, 2.24) is 5.32 Å². The lowest BCUT2D eigenvalue weighted by atomic mass is 10.1. The standard InChI is InChI=1S/C21H26ClN3O6S/c1-5-19(21(26)23-10-11-31-17-9-7-14(2)18(22)13-17)24(32(4,29)30)20-12-16(25(27)28)8-6-15(20)3/h6-9,12-13,19H,5,10-11H2,1-4H3,(H,23,26). The Morgan fingerprint density at radius 2 is 1.88 bits per heavy atom. The summed E-state index contributed by atoms with van der Waals surface area (Å²) in [6.07, 6.45) is 1.13. The SMILES string of the molecule is CCC(C(=O)NCCOc1ccc(C)c(Cl)c1)N(c1cc([N+](=O)[O-])ccc1C)S(C)(=O)=O. The molecule has 32 heavy (non-hydrogen) atoms. The first kappa shape index (κ1) is 25.4. The van der Waals surface area contributed by atoms with Crippen molar-refractivity contribution in [3.8, 4) is 5.75 Å². The maximum absolute atomic E-state index is 12.8. The molecule has 0 bridgehead atoms. The van der Waals surface area contributed by atoms with Crippen molar-refractivity contribution in [2.75, 3.05) is 23.7 Å². The summed E-state index contributed by atoms with van der Waals surface area (Å²) in [7, 11) is -3.92. The van der Waals surface area contributed by atoms with Crippen LogP contribution in [0.5, 0.6) is 5.75 Å². The number of benzene rings is 2. The summed E-state index contributed by atoms with van der Waals surface area (Å²) in [5, 5.41) is 14.4. The van der Waals surface area contributed by atoms with Crippen molar-refractivity contribution in [3.63, 3.8) is 0 Å². The zero-order valence-corrected chi connectivity index (χ0v) is 19.9. The lowest BCUT2D eigenvalue weighted by Gasteiger charge is -2.31. The number of carbonyl (C=O) groups is 1. The van der Waals surface area contributed by atoms with Gasteiger partial charge in [-0.2, -0.15) is 0 Å². The third-order valence-electron chi connectivity index (χ3n) is 4.78. The van der Waals surface area contributed by atoms with Crippen LogP contribution in [0.15, 0.2) is 36.4 Å². The Balaban J connectivity index is 2.17. The van der Waals surface area contributed by atoms with Crippen LogP contribution in [-0.2, 0) is 14.8 Å². The Morgan fingerprint density at radius 3 is 2.44 bits per heavy atom. The van der Waals surface area contributed by atoms with Crippen LogP contribution in [0.25, 0.3) is 0 Å². The Bertz CT molecular complexity index is 1110. The lowest BCUT2D eigenvalue weighted by molar-refractivity contribution is -0.384. The molecule has 0 aliphatic heterocycles. The molecule has 0 saturated carbocycles. The molecule has 0 aromatic heterocycles. The summed E-state index contributed by atoms with van der Waals surface area (Å²) < 4.78 is 31.7. The van der Waals surface area contributed by atoms with E-state index in [4.69, 9.17) is 16.3 Å². The predicted octanol–water partition coefficient (Wildman–Crippen LogP) is 3.60. The van der Waals surface area contributed by atoms with Crippen molar-refractivity contribution in [2.24, 2.45) is 0 Å². The van der Waals surface area contributed by atoms with E-state index in [9.17, 15) is 23.3 Å². The first-order valence-corrected chi connectivity index (χ1v) is 12.1. The molecule has 9 nitrogen and oxygen atoms in total. The van der Waals surface area contributed by atoms with Crippen LogP contribution >= 0.6 is 11.6 Å². The fourth-order valence-electron chi connectivity index (χ4n) is 3.11. The number of non-ortho nitro benzene ring substituents is 1. The largest absolute Gasteiger partial charge is 0.492 e. The molecule has 1 atom stereocenters. The minimum atomic E-state index is -3.92. The fraction of sp³-hybridized carbons (Fsp3) is 0.381. The highest BCUT2D eigenvalue weighted by molar-refractivity contribution is 7.92. The van der Waals surface area contributed by atoms with Gasteiger partial charge in [0.05, 0.1) is 23.4 Å². The van der Waals surface area contributed by atoms with E-state index in [0.29, 0.717) is 16.3 Å². The lowest BCUT2D eigenvalue weighted by Crippen LogP contribution is -2.50. The average molecular weight is 484 g/mol. The third kappa shape index (κ3) is 6.33. The number of halogens is 1. The predicted molar refractivity (Wildman–Crippen MR) is 124 cm³/mol. The Morgan fingerprint density at radius 1 is 1.22 bits per heavy atom. The molecule has 0 saturated heterocycles. The van der Waals surface area contributed by atoms with Crippen molar-refractivity contribution < 1.29 is 22.9 Å². The van der Waals surface area contributed by atoms with Gasteiger partial charge in [-0.1, -0.05) is 30.7 Å². The number of sulfonamides is 1. The van der Waals surface area contributed by atoms with Gasteiger partial charge < -0.3 is 10.1 Å². The van der Waals surface area contributed by atoms with Gasteiger partial charge in [-0.15, -0.1) is 0 Å². The van der Waals surface area contributed by atoms with Crippen LogP contribution in [-0.4, -0.2) is 44.7 Å². The highest BCUT2D eigenvalue weighted by atomic mass is 35.5. The highest BCUT2D eigenvalue weighted by Gasteiger charge is 2.33. The molecule has 0 aliphatic carbocycles. The van der Waals surface area contributed by atoms with Crippen LogP contribution in [0.2, 0.25) is 5.02 Å². The van der Waals surface area contributed by atoms with Gasteiger partial charge in [-0.05, 0) is 43.5 Å². The first-order valence-electron chi connectivity index (χ1n) is 9.86. The van der Waals surface area contributed by atoms with Crippen LogP contribution in [0.3, 0.4) is 0 Å². The summed E-state index contributed by atoms with van der Waals surface area (Å²) in [5.41, 5.74) is 1.23. The second-order valence-electron chi connectivity index (χ2n) is 7.26. The van der Waals surface area contributed by atoms with E-state index in [1.807, 2.05) is 13.0 Å². The molecular formula is C21H26ClN3O6S. The van der Waals surface area contributed by atoms with Gasteiger partial charge in [-0.25, -0.2) is 8.42 Å². The van der Waals surface area contributed by atoms with Gasteiger partial charge in [0.1, 0.15) is 18.4 Å². The van der Waals surface area contributed by atoms with E-state index < -0.39 is 26.9 Å². The number of ether oxygens (including phenoxy) is 1. The number of hydrogen-bond acceptors (Lipinski definition) is 6. The van der Waals surface area contributed by atoms with Crippen molar-refractivity contribution in [1.29, 1.82) is 0 Å². The molecule has 2 aromatic rings. The van der Waals surface area contributed by atoms with E-state index in [1.54, 1.807) is 26.0 Å². The minimum absolute atomic E-state index is 0.0919. The van der Waals surface area contributed by atoms with Crippen LogP contribution < -0.4 is 14.4 Å². The molecule has 0 heterocycles. The van der Waals surface area contributed by atoms with Gasteiger partial charge in [0.25, 0.3) is 5.69 Å². The summed E-state index contributed by atoms with van der Waals surface area (Å²) in [6, 6.07) is 8.06. The fourth-order valence-corrected chi connectivity index (χ4v) is 4.54. The van der Waals surface area contributed by atoms with E-state index in [2.05, 4.69) is 5.32 Å². The van der Waals surface area contributed by atoms with E-state index >= 15 is 0 Å². The van der Waals surface area contributed by atoms with Crippen LogP contribution in [0.4, 0.5) is 11.4 Å². The second kappa shape index (κ2) is 10.6. The second-order valence-corrected chi connectivity index (χ2v) is 9.53. The molecule has 1 amide bonds. The molecule has 174 valence electrons. The van der Waals surface area contributed by atoms with Gasteiger partial charge >= 0.3 is 0 Å². The zero-order valence-electron chi connectivity index (χ0n) is 18.3. The normalized spacial score (nSPS) is 12.2. The van der Waals surface area contributed by atoms with E-state index in [-0.39, 0.29) is 30.9 Å². The van der Waals surface area contributed by atoms with Gasteiger partial charge in [0, 0.05) is 17.2 Å². The van der Waals surface area contributed by atoms with Crippen molar-refractivity contribution in [3.05, 3.63) is 62.7 Å². The maximum Gasteiger partial charge on any atom is 0.271 e. The van der Waals surface area contributed by atoms with Crippen molar-refractivity contribution in [2.45, 2.75) is 33.2 Å². The van der Waals surface area contributed by atoms with Gasteiger partial charge in [-0.3, -0.25) is 19.2 Å². The zero-order chi connectivity index (χ0) is 24.1. The first-order chi connectivity index (χ1) is 15.0. The number of amides is 1. The van der Waals surface area contributed by atoms with Gasteiger partial charge in [0.15, 0.2) is 0 Å². The van der Waals surface area contributed by atoms with E-state index in [1.165, 1.54) is 12.1 Å². The topological polar surface area (TPSA) is 119 Å². The van der Waals surface area contributed by atoms with Crippen LogP contribution in [0.1, 0.15) is 24.5 Å². The molecule has 0 aliphatic rings. The third-order valence-corrected chi connectivity index (χ3v) is 6.36.